The van der Waals surface area contributed by atoms with E-state index in [1.807, 2.05) is 0 Å². The number of halogens is 1. The van der Waals surface area contributed by atoms with Gasteiger partial charge in [0.25, 0.3) is 0 Å². The molecule has 0 amide bonds. The van der Waals surface area contributed by atoms with Crippen molar-refractivity contribution in [2.24, 2.45) is 0 Å². The normalized spacial score (nSPS) is 10.9. The van der Waals surface area contributed by atoms with Crippen molar-refractivity contribution in [1.29, 1.82) is 0 Å². The van der Waals surface area contributed by atoms with Crippen LogP contribution in [0.5, 0.6) is 0 Å². The van der Waals surface area contributed by atoms with E-state index in [9.17, 15) is 0 Å². The molecule has 0 radical (unpaired) electrons. The number of rotatable bonds is 23. The van der Waals surface area contributed by atoms with Crippen LogP contribution < -0.4 is 0 Å². The molecule has 0 N–H and O–H groups in total. The molecule has 0 aromatic rings. The summed E-state index contributed by atoms with van der Waals surface area (Å²) in [5.74, 6) is 0. The van der Waals surface area contributed by atoms with E-state index in [-0.39, 0.29) is 12.4 Å². The Morgan fingerprint density at radius 3 is 0.444 bits per heavy atom. The zero-order valence-corrected chi connectivity index (χ0v) is 20.2. The maximum absolute atomic E-state index is 2.30. The van der Waals surface area contributed by atoms with Gasteiger partial charge in [-0.05, 0) is 0 Å². The van der Waals surface area contributed by atoms with Crippen LogP contribution in [-0.4, -0.2) is 0 Å². The van der Waals surface area contributed by atoms with Crippen molar-refractivity contribution in [2.75, 3.05) is 0 Å². The van der Waals surface area contributed by atoms with Gasteiger partial charge in [-0.25, -0.2) is 0 Å². The molecular formula is C26H55Cl. The number of hydrogen-bond acceptors (Lipinski definition) is 0. The van der Waals surface area contributed by atoms with Gasteiger partial charge in [0.15, 0.2) is 0 Å². The molecule has 0 rings (SSSR count). The SMILES string of the molecule is CCCCCCCCCCCCCCCCCCCCCCCCCC.Cl. The van der Waals surface area contributed by atoms with E-state index >= 15 is 0 Å². The van der Waals surface area contributed by atoms with Crippen LogP contribution >= 0.6 is 12.4 Å². The van der Waals surface area contributed by atoms with Gasteiger partial charge in [-0.1, -0.05) is 168 Å². The second-order valence-electron chi connectivity index (χ2n) is 8.78. The zero-order chi connectivity index (χ0) is 19.0. The summed E-state index contributed by atoms with van der Waals surface area (Å²) in [6.45, 7) is 4.61. The Labute approximate surface area is 180 Å². The van der Waals surface area contributed by atoms with Crippen LogP contribution in [0.2, 0.25) is 0 Å². The highest BCUT2D eigenvalue weighted by Gasteiger charge is 1.95. The lowest BCUT2D eigenvalue weighted by molar-refractivity contribution is 0.518. The summed E-state index contributed by atoms with van der Waals surface area (Å²) in [5.41, 5.74) is 0. The Morgan fingerprint density at radius 2 is 0.333 bits per heavy atom. The van der Waals surface area contributed by atoms with E-state index in [0.29, 0.717) is 0 Å². The van der Waals surface area contributed by atoms with Gasteiger partial charge >= 0.3 is 0 Å². The van der Waals surface area contributed by atoms with Crippen LogP contribution in [0.4, 0.5) is 0 Å². The molecule has 0 fully saturated rings. The van der Waals surface area contributed by atoms with E-state index in [1.165, 1.54) is 154 Å². The molecule has 1 heteroatoms. The second kappa shape index (κ2) is 28.5. The van der Waals surface area contributed by atoms with E-state index in [4.69, 9.17) is 0 Å². The summed E-state index contributed by atoms with van der Waals surface area (Å²) in [6.07, 6.45) is 35.4. The summed E-state index contributed by atoms with van der Waals surface area (Å²) in [4.78, 5) is 0. The Morgan fingerprint density at radius 1 is 0.222 bits per heavy atom. The van der Waals surface area contributed by atoms with Crippen molar-refractivity contribution in [3.63, 3.8) is 0 Å². The van der Waals surface area contributed by atoms with Crippen molar-refractivity contribution in [3.05, 3.63) is 0 Å². The first-order chi connectivity index (χ1) is 12.9. The molecule has 0 saturated heterocycles. The van der Waals surface area contributed by atoms with Gasteiger partial charge in [-0.2, -0.15) is 0 Å². The van der Waals surface area contributed by atoms with Gasteiger partial charge in [0.05, 0.1) is 0 Å². The minimum atomic E-state index is 0. The van der Waals surface area contributed by atoms with Gasteiger partial charge < -0.3 is 0 Å². The summed E-state index contributed by atoms with van der Waals surface area (Å²) in [7, 11) is 0. The molecule has 0 heterocycles. The first-order valence-electron chi connectivity index (χ1n) is 12.9. The third-order valence-corrected chi connectivity index (χ3v) is 5.96. The summed E-state index contributed by atoms with van der Waals surface area (Å²) < 4.78 is 0. The van der Waals surface area contributed by atoms with E-state index < -0.39 is 0 Å². The summed E-state index contributed by atoms with van der Waals surface area (Å²) in [6, 6.07) is 0. The molecule has 0 atom stereocenters. The largest absolute Gasteiger partial charge is 0.147 e. The third-order valence-electron chi connectivity index (χ3n) is 5.96. The van der Waals surface area contributed by atoms with Crippen LogP contribution in [0.15, 0.2) is 0 Å². The van der Waals surface area contributed by atoms with Crippen LogP contribution in [0, 0.1) is 0 Å². The molecule has 0 aliphatic carbocycles. The van der Waals surface area contributed by atoms with Crippen molar-refractivity contribution >= 4 is 12.4 Å². The molecule has 0 unspecified atom stereocenters. The first-order valence-corrected chi connectivity index (χ1v) is 12.9. The van der Waals surface area contributed by atoms with Gasteiger partial charge in [0.2, 0.25) is 0 Å². The average Bonchev–Trinajstić information content (AvgIpc) is 2.66. The monoisotopic (exact) mass is 402 g/mol. The van der Waals surface area contributed by atoms with Crippen LogP contribution in [-0.2, 0) is 0 Å². The summed E-state index contributed by atoms with van der Waals surface area (Å²) in [5, 5.41) is 0. The molecular weight excluding hydrogens is 348 g/mol. The Kier molecular flexibility index (Phi) is 31.1. The van der Waals surface area contributed by atoms with E-state index in [0.717, 1.165) is 0 Å². The third kappa shape index (κ3) is 28.6. The molecule has 0 nitrogen and oxygen atoms in total. The molecule has 27 heavy (non-hydrogen) atoms. The molecule has 0 aromatic carbocycles. The lowest BCUT2D eigenvalue weighted by Crippen LogP contribution is -1.84. The Balaban J connectivity index is 0. The van der Waals surface area contributed by atoms with Crippen LogP contribution in [0.25, 0.3) is 0 Å². The molecule has 0 aliphatic rings. The maximum Gasteiger partial charge on any atom is -0.0533 e. The lowest BCUT2D eigenvalue weighted by Gasteiger charge is -2.04. The lowest BCUT2D eigenvalue weighted by atomic mass is 10.0. The smallest absolute Gasteiger partial charge is 0.0533 e. The van der Waals surface area contributed by atoms with Crippen molar-refractivity contribution in [1.82, 2.24) is 0 Å². The minimum absolute atomic E-state index is 0. The fourth-order valence-electron chi connectivity index (χ4n) is 4.04. The highest BCUT2D eigenvalue weighted by Crippen LogP contribution is 2.15. The van der Waals surface area contributed by atoms with Crippen LogP contribution in [0.1, 0.15) is 168 Å². The average molecular weight is 403 g/mol. The minimum Gasteiger partial charge on any atom is -0.147 e. The van der Waals surface area contributed by atoms with Crippen LogP contribution in [0.3, 0.4) is 0 Å². The Hall–Kier alpha value is 0.290. The van der Waals surface area contributed by atoms with Crippen molar-refractivity contribution < 1.29 is 0 Å². The second-order valence-corrected chi connectivity index (χ2v) is 8.78. The van der Waals surface area contributed by atoms with Gasteiger partial charge in [-0.15, -0.1) is 12.4 Å². The maximum atomic E-state index is 2.30. The topological polar surface area (TPSA) is 0 Å². The molecule has 0 bridgehead atoms. The van der Waals surface area contributed by atoms with Gasteiger partial charge in [0.1, 0.15) is 0 Å². The van der Waals surface area contributed by atoms with Gasteiger partial charge in [-0.3, -0.25) is 0 Å². The predicted octanol–water partition coefficient (Wildman–Crippen LogP) is 10.8. The van der Waals surface area contributed by atoms with Gasteiger partial charge in [0, 0.05) is 0 Å². The summed E-state index contributed by atoms with van der Waals surface area (Å²) >= 11 is 0. The fraction of sp³-hybridized carbons (Fsp3) is 1.00. The quantitative estimate of drug-likeness (QED) is 0.149. The standard InChI is InChI=1S/C26H54.ClH/c1-3-5-7-9-11-13-15-17-19-21-23-25-26-24-22-20-18-16-14-12-10-8-6-4-2;/h3-26H2,1-2H3;1H. The van der Waals surface area contributed by atoms with E-state index in [2.05, 4.69) is 13.8 Å². The van der Waals surface area contributed by atoms with Crippen molar-refractivity contribution in [3.8, 4) is 0 Å². The Bertz CT molecular complexity index is 202. The zero-order valence-electron chi connectivity index (χ0n) is 19.4. The fourth-order valence-corrected chi connectivity index (χ4v) is 4.04. The molecule has 0 spiro atoms. The molecule has 0 saturated carbocycles. The van der Waals surface area contributed by atoms with E-state index in [1.54, 1.807) is 0 Å². The number of unbranched alkanes of at least 4 members (excludes halogenated alkanes) is 23. The highest BCUT2D eigenvalue weighted by molar-refractivity contribution is 5.85. The first kappa shape index (κ1) is 29.5. The molecule has 166 valence electrons. The predicted molar refractivity (Wildman–Crippen MR) is 129 cm³/mol. The van der Waals surface area contributed by atoms with Crippen molar-refractivity contribution in [2.45, 2.75) is 168 Å². The highest BCUT2D eigenvalue weighted by atomic mass is 35.5. The molecule has 0 aromatic heterocycles. The number of hydrogen-bond donors (Lipinski definition) is 0. The molecule has 0 aliphatic heterocycles.